The second-order valence-electron chi connectivity index (χ2n) is 4.71. The highest BCUT2D eigenvalue weighted by Crippen LogP contribution is 2.47. The summed E-state index contributed by atoms with van der Waals surface area (Å²) in [7, 11) is 0. The molecule has 0 radical (unpaired) electrons. The van der Waals surface area contributed by atoms with E-state index in [4.69, 9.17) is 5.73 Å². The molecule has 1 fully saturated rings. The number of aromatic nitrogens is 1. The van der Waals surface area contributed by atoms with Gasteiger partial charge in [0, 0.05) is 16.5 Å². The van der Waals surface area contributed by atoms with Gasteiger partial charge < -0.3 is 5.73 Å². The Hall–Kier alpha value is -1.33. The van der Waals surface area contributed by atoms with Gasteiger partial charge >= 0.3 is 0 Å². The van der Waals surface area contributed by atoms with Gasteiger partial charge in [0.05, 0.1) is 11.2 Å². The molecule has 0 aliphatic heterocycles. The largest absolute Gasteiger partial charge is 0.321 e. The summed E-state index contributed by atoms with van der Waals surface area (Å²) in [6.07, 6.45) is 1.89. The first-order valence-corrected chi connectivity index (χ1v) is 6.53. The second kappa shape index (κ2) is 3.83. The van der Waals surface area contributed by atoms with Gasteiger partial charge in [-0.1, -0.05) is 0 Å². The van der Waals surface area contributed by atoms with Gasteiger partial charge in [-0.15, -0.1) is 11.3 Å². The molecule has 1 aromatic carbocycles. The smallest absolute Gasteiger partial charge is 0.136 e. The maximum Gasteiger partial charge on any atom is 0.136 e. The molecule has 0 amide bonds. The molecule has 0 atom stereocenters. The molecule has 2 aromatic rings. The highest BCUT2D eigenvalue weighted by molar-refractivity contribution is 7.15. The molecule has 0 spiro atoms. The zero-order valence-electron chi connectivity index (χ0n) is 9.84. The van der Waals surface area contributed by atoms with Gasteiger partial charge in [0.25, 0.3) is 0 Å². The van der Waals surface area contributed by atoms with E-state index in [1.165, 1.54) is 23.5 Å². The molecule has 1 heterocycles. The van der Waals surface area contributed by atoms with Gasteiger partial charge in [-0.05, 0) is 31.9 Å². The Balaban J connectivity index is 2.07. The quantitative estimate of drug-likeness (QED) is 0.905. The van der Waals surface area contributed by atoms with Gasteiger partial charge in [0.15, 0.2) is 0 Å². The minimum Gasteiger partial charge on any atom is -0.321 e. The van der Waals surface area contributed by atoms with Crippen LogP contribution in [0, 0.1) is 18.6 Å². The van der Waals surface area contributed by atoms with E-state index < -0.39 is 11.6 Å². The van der Waals surface area contributed by atoms with Crippen LogP contribution < -0.4 is 5.73 Å². The molecule has 2 nitrogen and oxygen atoms in total. The third kappa shape index (κ3) is 1.83. The lowest BCUT2D eigenvalue weighted by molar-refractivity contribution is 0.585. The van der Waals surface area contributed by atoms with Crippen LogP contribution in [0.1, 0.15) is 23.4 Å². The zero-order chi connectivity index (χ0) is 12.9. The van der Waals surface area contributed by atoms with Crippen molar-refractivity contribution in [1.29, 1.82) is 0 Å². The summed E-state index contributed by atoms with van der Waals surface area (Å²) in [5.74, 6) is -1.17. The van der Waals surface area contributed by atoms with Crippen LogP contribution in [0.2, 0.25) is 0 Å². The molecule has 1 aliphatic rings. The monoisotopic (exact) mass is 266 g/mol. The van der Waals surface area contributed by atoms with E-state index in [-0.39, 0.29) is 5.54 Å². The minimum atomic E-state index is -0.586. The van der Waals surface area contributed by atoms with E-state index in [1.54, 1.807) is 0 Å². The predicted octanol–water partition coefficient (Wildman–Crippen LogP) is 3.34. The lowest BCUT2D eigenvalue weighted by Crippen LogP contribution is -2.18. The summed E-state index contributed by atoms with van der Waals surface area (Å²) in [6.45, 7) is 1.88. The van der Waals surface area contributed by atoms with Gasteiger partial charge in [-0.2, -0.15) is 0 Å². The van der Waals surface area contributed by atoms with Crippen molar-refractivity contribution in [3.8, 4) is 10.6 Å². The minimum absolute atomic E-state index is 0.267. The van der Waals surface area contributed by atoms with Gasteiger partial charge in [-0.3, -0.25) is 0 Å². The lowest BCUT2D eigenvalue weighted by atomic mass is 10.2. The maximum absolute atomic E-state index is 13.7. The molecule has 1 aliphatic carbocycles. The SMILES string of the molecule is Cc1nc(-c2ccc(F)cc2F)sc1C1(N)CC1. The number of thiazole rings is 1. The fraction of sp³-hybridized carbons (Fsp3) is 0.308. The van der Waals surface area contributed by atoms with Gasteiger partial charge in [0.2, 0.25) is 0 Å². The Kier molecular flexibility index (Phi) is 2.50. The summed E-state index contributed by atoms with van der Waals surface area (Å²) < 4.78 is 26.6. The van der Waals surface area contributed by atoms with Crippen molar-refractivity contribution in [2.24, 2.45) is 5.73 Å². The van der Waals surface area contributed by atoms with E-state index in [0.717, 1.165) is 29.5 Å². The number of nitrogens with two attached hydrogens (primary N) is 1. The summed E-state index contributed by atoms with van der Waals surface area (Å²) >= 11 is 1.40. The van der Waals surface area contributed by atoms with Gasteiger partial charge in [-0.25, -0.2) is 13.8 Å². The molecule has 1 aromatic heterocycles. The molecule has 3 rings (SSSR count). The maximum atomic E-state index is 13.7. The molecular weight excluding hydrogens is 254 g/mol. The first-order valence-electron chi connectivity index (χ1n) is 5.72. The number of halogens is 2. The average Bonchev–Trinajstić information content (AvgIpc) is 2.91. The molecule has 0 unspecified atom stereocenters. The number of rotatable bonds is 2. The standard InChI is InChI=1S/C13H12F2N2S/c1-7-11(13(16)4-5-13)18-12(17-7)9-3-2-8(14)6-10(9)15/h2-3,6H,4-5,16H2,1H3. The Bertz CT molecular complexity index is 617. The van der Waals surface area contributed by atoms with Crippen LogP contribution in [-0.2, 0) is 5.54 Å². The summed E-state index contributed by atoms with van der Waals surface area (Å²) in [5, 5.41) is 0.566. The van der Waals surface area contributed by atoms with E-state index in [1.807, 2.05) is 6.92 Å². The molecule has 5 heteroatoms. The molecule has 94 valence electrons. The second-order valence-corrected chi connectivity index (χ2v) is 5.71. The molecular formula is C13H12F2N2S. The van der Waals surface area contributed by atoms with Gasteiger partial charge in [0.1, 0.15) is 16.6 Å². The third-order valence-corrected chi connectivity index (χ3v) is 4.61. The van der Waals surface area contributed by atoms with Crippen molar-refractivity contribution in [2.75, 3.05) is 0 Å². The number of nitrogens with zero attached hydrogens (tertiary/aromatic N) is 1. The zero-order valence-corrected chi connectivity index (χ0v) is 10.7. The van der Waals surface area contributed by atoms with Crippen LogP contribution in [0.25, 0.3) is 10.6 Å². The topological polar surface area (TPSA) is 38.9 Å². The van der Waals surface area contributed by atoms with Crippen molar-refractivity contribution in [3.63, 3.8) is 0 Å². The van der Waals surface area contributed by atoms with Crippen molar-refractivity contribution < 1.29 is 8.78 Å². The predicted molar refractivity (Wildman–Crippen MR) is 67.3 cm³/mol. The summed E-state index contributed by atoms with van der Waals surface area (Å²) in [5.41, 5.74) is 7.05. The molecule has 1 saturated carbocycles. The molecule has 0 bridgehead atoms. The van der Waals surface area contributed by atoms with Crippen molar-refractivity contribution in [3.05, 3.63) is 40.4 Å². The van der Waals surface area contributed by atoms with E-state index in [9.17, 15) is 8.78 Å². The Morgan fingerprint density at radius 1 is 1.33 bits per heavy atom. The van der Waals surface area contributed by atoms with Crippen molar-refractivity contribution >= 4 is 11.3 Å². The number of hydrogen-bond acceptors (Lipinski definition) is 3. The fourth-order valence-corrected chi connectivity index (χ4v) is 3.25. The van der Waals surface area contributed by atoms with Crippen LogP contribution in [0.4, 0.5) is 8.78 Å². The molecule has 2 N–H and O–H groups in total. The summed E-state index contributed by atoms with van der Waals surface area (Å²) in [4.78, 5) is 5.37. The molecule has 18 heavy (non-hydrogen) atoms. The van der Waals surface area contributed by atoms with Crippen molar-refractivity contribution in [2.45, 2.75) is 25.3 Å². The average molecular weight is 266 g/mol. The van der Waals surface area contributed by atoms with E-state index in [2.05, 4.69) is 4.98 Å². The Morgan fingerprint density at radius 2 is 2.06 bits per heavy atom. The first kappa shape index (κ1) is 11.7. The Labute approximate surface area is 107 Å². The van der Waals surface area contributed by atoms with Crippen molar-refractivity contribution in [1.82, 2.24) is 4.98 Å². The normalized spacial score (nSPS) is 16.9. The number of benzene rings is 1. The fourth-order valence-electron chi connectivity index (χ4n) is 2.00. The number of hydrogen-bond donors (Lipinski definition) is 1. The summed E-state index contributed by atoms with van der Waals surface area (Å²) in [6, 6.07) is 3.54. The number of aryl methyl sites for hydroxylation is 1. The van der Waals surface area contributed by atoms with Crippen LogP contribution in [0.3, 0.4) is 0 Å². The van der Waals surface area contributed by atoms with Crippen LogP contribution in [0.5, 0.6) is 0 Å². The van der Waals surface area contributed by atoms with E-state index >= 15 is 0 Å². The van der Waals surface area contributed by atoms with Crippen LogP contribution in [-0.4, -0.2) is 4.98 Å². The van der Waals surface area contributed by atoms with Crippen LogP contribution in [0.15, 0.2) is 18.2 Å². The highest BCUT2D eigenvalue weighted by Gasteiger charge is 2.43. The Morgan fingerprint density at radius 3 is 2.67 bits per heavy atom. The third-order valence-electron chi connectivity index (χ3n) is 3.20. The van der Waals surface area contributed by atoms with E-state index in [0.29, 0.717) is 10.6 Å². The molecule has 0 saturated heterocycles. The lowest BCUT2D eigenvalue weighted by Gasteiger charge is -2.04. The van der Waals surface area contributed by atoms with Crippen LogP contribution >= 0.6 is 11.3 Å². The highest BCUT2D eigenvalue weighted by atomic mass is 32.1. The first-order chi connectivity index (χ1) is 8.49.